The fourth-order valence-electron chi connectivity index (χ4n) is 1.31. The molecule has 0 bridgehead atoms. The van der Waals surface area contributed by atoms with E-state index in [9.17, 15) is 19.2 Å². The molecule has 0 aromatic carbocycles. The van der Waals surface area contributed by atoms with Gasteiger partial charge in [0.15, 0.2) is 0 Å². The van der Waals surface area contributed by atoms with Crippen LogP contribution in [-0.2, 0) is 24.0 Å². The van der Waals surface area contributed by atoms with Crippen molar-refractivity contribution in [3.05, 3.63) is 0 Å². The van der Waals surface area contributed by atoms with E-state index in [1.807, 2.05) is 0 Å². The van der Waals surface area contributed by atoms with E-state index >= 15 is 0 Å². The molecule has 17 heavy (non-hydrogen) atoms. The highest BCUT2D eigenvalue weighted by molar-refractivity contribution is 6.01. The van der Waals surface area contributed by atoms with Crippen molar-refractivity contribution < 1.29 is 25.4 Å². The second-order valence-electron chi connectivity index (χ2n) is 3.50. The summed E-state index contributed by atoms with van der Waals surface area (Å²) in [5, 5.41) is 2.99. The van der Waals surface area contributed by atoms with Crippen LogP contribution in [-0.4, -0.2) is 35.3 Å². The van der Waals surface area contributed by atoms with Gasteiger partial charge in [-0.15, -0.1) is 5.06 Å². The molecule has 0 aromatic heterocycles. The number of nitrogens with one attached hydrogen (secondary N) is 1. The number of rotatable bonds is 5. The monoisotopic (exact) mass is 244 g/mol. The Morgan fingerprint density at radius 1 is 1.29 bits per heavy atom. The number of hydrogen-bond acceptors (Lipinski definition) is 5. The average Bonchev–Trinajstić information content (AvgIpc) is 2.58. The summed E-state index contributed by atoms with van der Waals surface area (Å²) in [6.07, 6.45) is -0.0728. The van der Waals surface area contributed by atoms with Crippen LogP contribution in [0.4, 0.5) is 0 Å². The minimum atomic E-state index is -0.764. The molecule has 1 saturated heterocycles. The highest BCUT2D eigenvalue weighted by Gasteiger charge is 2.32. The molecule has 1 rings (SSSR count). The van der Waals surface area contributed by atoms with Gasteiger partial charge in [-0.1, -0.05) is 0 Å². The molecule has 1 fully saturated rings. The fourth-order valence-corrected chi connectivity index (χ4v) is 1.31. The molecule has 7 heteroatoms. The predicted molar refractivity (Wildman–Crippen MR) is 57.2 cm³/mol. The fraction of sp³-hybridized carbons (Fsp3) is 0.600. The Balaban J connectivity index is 0.00000289. The molecule has 1 N–H and O–H groups in total. The topological polar surface area (TPSA) is 92.8 Å². The summed E-state index contributed by atoms with van der Waals surface area (Å²) in [7, 11) is 0. The molecule has 0 saturated carbocycles. The Morgan fingerprint density at radius 3 is 2.41 bits per heavy atom. The van der Waals surface area contributed by atoms with Gasteiger partial charge in [-0.25, -0.2) is 4.79 Å². The molecule has 1 heterocycles. The Bertz CT molecular complexity index is 342. The first-order chi connectivity index (χ1) is 8.04. The maximum Gasteiger partial charge on any atom is 0.333 e. The third-order valence-corrected chi connectivity index (χ3v) is 2.13. The summed E-state index contributed by atoms with van der Waals surface area (Å²) in [6, 6.07) is 0. The molecule has 3 amide bonds. The molecular weight excluding hydrogens is 228 g/mol. The van der Waals surface area contributed by atoms with Gasteiger partial charge >= 0.3 is 5.97 Å². The molecule has 0 spiro atoms. The molecule has 0 aromatic rings. The number of imide groups is 1. The maximum absolute atomic E-state index is 11.3. The van der Waals surface area contributed by atoms with Crippen molar-refractivity contribution in [2.45, 2.75) is 32.6 Å². The third kappa shape index (κ3) is 3.86. The van der Waals surface area contributed by atoms with Gasteiger partial charge < -0.3 is 10.2 Å². The van der Waals surface area contributed by atoms with Crippen molar-refractivity contribution in [3.63, 3.8) is 0 Å². The van der Waals surface area contributed by atoms with Gasteiger partial charge in [-0.3, -0.25) is 14.4 Å². The third-order valence-electron chi connectivity index (χ3n) is 2.13. The molecule has 96 valence electrons. The molecule has 1 aliphatic heterocycles. The van der Waals surface area contributed by atoms with E-state index in [1.54, 1.807) is 6.92 Å². The lowest BCUT2D eigenvalue weighted by atomic mass is 10.3. The summed E-state index contributed by atoms with van der Waals surface area (Å²) in [6.45, 7) is 2.24. The van der Waals surface area contributed by atoms with Gasteiger partial charge in [0, 0.05) is 27.2 Å². The van der Waals surface area contributed by atoms with Crippen LogP contribution in [0.2, 0.25) is 0 Å². The first-order valence-corrected chi connectivity index (χ1v) is 5.38. The lowest BCUT2D eigenvalue weighted by Gasteiger charge is -2.12. The van der Waals surface area contributed by atoms with Crippen LogP contribution in [0.25, 0.3) is 0 Å². The number of hydrogen-bond donors (Lipinski definition) is 1. The number of nitrogens with zero attached hydrogens (tertiary/aromatic N) is 1. The number of hydroxylamine groups is 2. The van der Waals surface area contributed by atoms with Gasteiger partial charge in [-0.05, 0) is 6.92 Å². The van der Waals surface area contributed by atoms with Crippen molar-refractivity contribution in [1.82, 2.24) is 10.4 Å². The molecular formula is C10H16N2O5. The Labute approximate surface area is 99.5 Å². The number of carbonyl (C=O) groups is 4. The van der Waals surface area contributed by atoms with Crippen LogP contribution in [0.3, 0.4) is 0 Å². The van der Waals surface area contributed by atoms with Crippen LogP contribution in [0, 0.1) is 0 Å². The maximum atomic E-state index is 11.3. The second-order valence-corrected chi connectivity index (χ2v) is 3.50. The normalized spacial score (nSPS) is 15.0. The molecule has 0 atom stereocenters. The second kappa shape index (κ2) is 5.97. The first-order valence-electron chi connectivity index (χ1n) is 5.38. The molecule has 1 aliphatic rings. The summed E-state index contributed by atoms with van der Waals surface area (Å²) >= 11 is 0. The quantitative estimate of drug-likeness (QED) is 0.673. The largest absolute Gasteiger partial charge is 0.356 e. The van der Waals surface area contributed by atoms with E-state index in [-0.39, 0.29) is 33.0 Å². The predicted octanol–water partition coefficient (Wildman–Crippen LogP) is -0.244. The van der Waals surface area contributed by atoms with E-state index in [0.29, 0.717) is 11.6 Å². The average molecular weight is 244 g/mol. The first kappa shape index (κ1) is 13.1. The van der Waals surface area contributed by atoms with Crippen LogP contribution in [0.5, 0.6) is 0 Å². The van der Waals surface area contributed by atoms with E-state index in [1.165, 1.54) is 0 Å². The minimum Gasteiger partial charge on any atom is -0.356 e. The van der Waals surface area contributed by atoms with Crippen LogP contribution < -0.4 is 5.32 Å². The molecule has 7 nitrogen and oxygen atoms in total. The van der Waals surface area contributed by atoms with E-state index in [2.05, 4.69) is 10.2 Å². The standard InChI is InChI=1S/C10H14N2O5.H2/c1-2-11-7(13)3-6-10(16)17-12-8(14)4-5-9(12)15;/h2-6H2,1H3,(H,11,13);1H. The van der Waals surface area contributed by atoms with Crippen molar-refractivity contribution in [2.75, 3.05) is 6.54 Å². The van der Waals surface area contributed by atoms with E-state index < -0.39 is 17.8 Å². The van der Waals surface area contributed by atoms with Crippen molar-refractivity contribution in [2.24, 2.45) is 0 Å². The Morgan fingerprint density at radius 2 is 1.88 bits per heavy atom. The zero-order valence-corrected chi connectivity index (χ0v) is 9.52. The summed E-state index contributed by atoms with van der Waals surface area (Å²) < 4.78 is 0. The van der Waals surface area contributed by atoms with Gasteiger partial charge in [0.2, 0.25) is 5.91 Å². The smallest absolute Gasteiger partial charge is 0.333 e. The van der Waals surface area contributed by atoms with E-state index in [4.69, 9.17) is 0 Å². The number of amides is 3. The summed E-state index contributed by atoms with van der Waals surface area (Å²) in [4.78, 5) is 49.1. The van der Waals surface area contributed by atoms with Gasteiger partial charge in [0.05, 0.1) is 6.42 Å². The highest BCUT2D eigenvalue weighted by atomic mass is 16.7. The van der Waals surface area contributed by atoms with Gasteiger partial charge in [0.25, 0.3) is 11.8 Å². The zero-order chi connectivity index (χ0) is 12.8. The highest BCUT2D eigenvalue weighted by Crippen LogP contribution is 2.12. The Kier molecular flexibility index (Phi) is 4.62. The minimum absolute atomic E-state index is 0. The SMILES string of the molecule is CCNC(=O)CCC(=O)ON1C(=O)CCC1=O.[HH]. The van der Waals surface area contributed by atoms with E-state index in [0.717, 1.165) is 0 Å². The lowest BCUT2D eigenvalue weighted by molar-refractivity contribution is -0.197. The molecule has 0 aliphatic carbocycles. The summed E-state index contributed by atoms with van der Waals surface area (Å²) in [5.74, 6) is -2.09. The Hall–Kier alpha value is -1.92. The van der Waals surface area contributed by atoms with Crippen molar-refractivity contribution in [1.29, 1.82) is 0 Å². The zero-order valence-electron chi connectivity index (χ0n) is 9.52. The van der Waals surface area contributed by atoms with Crippen molar-refractivity contribution in [3.8, 4) is 0 Å². The van der Waals surface area contributed by atoms with Gasteiger partial charge in [-0.2, -0.15) is 0 Å². The lowest BCUT2D eigenvalue weighted by Crippen LogP contribution is -2.32. The van der Waals surface area contributed by atoms with Crippen LogP contribution in [0.1, 0.15) is 34.0 Å². The van der Waals surface area contributed by atoms with Crippen LogP contribution in [0.15, 0.2) is 0 Å². The summed E-state index contributed by atoms with van der Waals surface area (Å²) in [5.41, 5.74) is 0. The molecule has 0 unspecified atom stereocenters. The van der Waals surface area contributed by atoms with Crippen LogP contribution >= 0.6 is 0 Å². The van der Waals surface area contributed by atoms with Crippen molar-refractivity contribution >= 4 is 23.7 Å². The molecule has 0 radical (unpaired) electrons. The van der Waals surface area contributed by atoms with Gasteiger partial charge in [0.1, 0.15) is 0 Å². The number of carbonyl (C=O) groups excluding carboxylic acids is 4.